The third-order valence-corrected chi connectivity index (χ3v) is 2.72. The van der Waals surface area contributed by atoms with Crippen molar-refractivity contribution in [2.24, 2.45) is 5.73 Å². The Labute approximate surface area is 113 Å². The van der Waals surface area contributed by atoms with Crippen molar-refractivity contribution in [2.75, 3.05) is 26.7 Å². The maximum absolute atomic E-state index is 11.4. The Morgan fingerprint density at radius 1 is 1.50 bits per heavy atom. The zero-order valence-electron chi connectivity index (χ0n) is 10.6. The Hall–Kier alpha value is -1.26. The normalized spacial score (nSPS) is 10.2. The van der Waals surface area contributed by atoms with E-state index in [4.69, 9.17) is 22.1 Å². The van der Waals surface area contributed by atoms with E-state index in [1.807, 2.05) is 12.1 Å². The molecule has 1 rings (SSSR count). The largest absolute Gasteiger partial charge is 0.493 e. The number of halogens is 1. The van der Waals surface area contributed by atoms with Crippen LogP contribution < -0.4 is 10.5 Å². The lowest BCUT2D eigenvalue weighted by Gasteiger charge is -2.16. The van der Waals surface area contributed by atoms with E-state index in [2.05, 4.69) is 0 Å². The van der Waals surface area contributed by atoms with Crippen molar-refractivity contribution in [1.29, 1.82) is 0 Å². The fourth-order valence-electron chi connectivity index (χ4n) is 1.49. The molecule has 1 aromatic rings. The van der Waals surface area contributed by atoms with Crippen molar-refractivity contribution < 1.29 is 9.53 Å². The molecule has 1 amide bonds. The summed E-state index contributed by atoms with van der Waals surface area (Å²) in [4.78, 5) is 13.1. The molecule has 0 radical (unpaired) electrons. The summed E-state index contributed by atoms with van der Waals surface area (Å²) in [5, 5.41) is 0.655. The highest BCUT2D eigenvalue weighted by Crippen LogP contribution is 2.17. The second kappa shape index (κ2) is 7.95. The SMILES string of the molecule is CN(CCCOc1cccc(Cl)c1)C(=O)CCN. The molecule has 18 heavy (non-hydrogen) atoms. The van der Waals surface area contributed by atoms with Crippen molar-refractivity contribution in [2.45, 2.75) is 12.8 Å². The number of nitrogens with two attached hydrogens (primary N) is 1. The van der Waals surface area contributed by atoms with E-state index in [0.29, 0.717) is 31.1 Å². The van der Waals surface area contributed by atoms with Gasteiger partial charge in [0.1, 0.15) is 5.75 Å². The summed E-state index contributed by atoms with van der Waals surface area (Å²) < 4.78 is 5.53. The first kappa shape index (κ1) is 14.8. The molecule has 1 aromatic carbocycles. The van der Waals surface area contributed by atoms with Gasteiger partial charge < -0.3 is 15.4 Å². The molecular weight excluding hydrogens is 252 g/mol. The van der Waals surface area contributed by atoms with Gasteiger partial charge in [0.15, 0.2) is 0 Å². The molecule has 0 fully saturated rings. The Kier molecular flexibility index (Phi) is 6.54. The van der Waals surface area contributed by atoms with E-state index >= 15 is 0 Å². The van der Waals surface area contributed by atoms with Crippen LogP contribution in [0.1, 0.15) is 12.8 Å². The molecular formula is C13H19ClN2O2. The molecule has 2 N–H and O–H groups in total. The maximum atomic E-state index is 11.4. The highest BCUT2D eigenvalue weighted by atomic mass is 35.5. The predicted octanol–water partition coefficient (Wildman–Crippen LogP) is 1.92. The van der Waals surface area contributed by atoms with Crippen molar-refractivity contribution >= 4 is 17.5 Å². The highest BCUT2D eigenvalue weighted by Gasteiger charge is 2.06. The van der Waals surface area contributed by atoms with E-state index in [0.717, 1.165) is 12.2 Å². The summed E-state index contributed by atoms with van der Waals surface area (Å²) in [5.74, 6) is 0.818. The van der Waals surface area contributed by atoms with Crippen LogP contribution in [0.25, 0.3) is 0 Å². The van der Waals surface area contributed by atoms with Crippen LogP contribution >= 0.6 is 11.6 Å². The van der Waals surface area contributed by atoms with Gasteiger partial charge in [-0.15, -0.1) is 0 Å². The quantitative estimate of drug-likeness (QED) is 0.770. The van der Waals surface area contributed by atoms with E-state index in [1.165, 1.54) is 0 Å². The summed E-state index contributed by atoms with van der Waals surface area (Å²) in [6.07, 6.45) is 1.17. The van der Waals surface area contributed by atoms with E-state index in [1.54, 1.807) is 24.1 Å². The van der Waals surface area contributed by atoms with Crippen LogP contribution in [0.3, 0.4) is 0 Å². The topological polar surface area (TPSA) is 55.6 Å². The number of rotatable bonds is 7. The second-order valence-electron chi connectivity index (χ2n) is 4.01. The van der Waals surface area contributed by atoms with Crippen LogP contribution in [-0.2, 0) is 4.79 Å². The smallest absolute Gasteiger partial charge is 0.223 e. The third kappa shape index (κ3) is 5.38. The van der Waals surface area contributed by atoms with Gasteiger partial charge in [0.05, 0.1) is 6.61 Å². The number of carbonyl (C=O) groups is 1. The summed E-state index contributed by atoms with van der Waals surface area (Å²) in [5.41, 5.74) is 5.33. The van der Waals surface area contributed by atoms with Gasteiger partial charge >= 0.3 is 0 Å². The molecule has 0 spiro atoms. The van der Waals surface area contributed by atoms with Gasteiger partial charge in [0.2, 0.25) is 5.91 Å². The fraction of sp³-hybridized carbons (Fsp3) is 0.462. The van der Waals surface area contributed by atoms with Crippen molar-refractivity contribution in [3.05, 3.63) is 29.3 Å². The van der Waals surface area contributed by atoms with Crippen LogP contribution in [0.5, 0.6) is 5.75 Å². The monoisotopic (exact) mass is 270 g/mol. The summed E-state index contributed by atoms with van der Waals surface area (Å²) in [6.45, 7) is 1.61. The first-order valence-corrected chi connectivity index (χ1v) is 6.33. The summed E-state index contributed by atoms with van der Waals surface area (Å²) in [6, 6.07) is 7.27. The van der Waals surface area contributed by atoms with Gasteiger partial charge in [-0.05, 0) is 24.6 Å². The molecule has 0 aliphatic heterocycles. The average molecular weight is 271 g/mol. The van der Waals surface area contributed by atoms with Gasteiger partial charge in [-0.1, -0.05) is 17.7 Å². The van der Waals surface area contributed by atoms with Gasteiger partial charge in [-0.25, -0.2) is 0 Å². The average Bonchev–Trinajstić information content (AvgIpc) is 2.35. The molecule has 0 aliphatic carbocycles. The number of amides is 1. The van der Waals surface area contributed by atoms with Crippen molar-refractivity contribution in [3.8, 4) is 5.75 Å². The van der Waals surface area contributed by atoms with E-state index < -0.39 is 0 Å². The zero-order valence-corrected chi connectivity index (χ0v) is 11.3. The third-order valence-electron chi connectivity index (χ3n) is 2.49. The van der Waals surface area contributed by atoms with Crippen LogP contribution in [-0.4, -0.2) is 37.6 Å². The van der Waals surface area contributed by atoms with Gasteiger partial charge in [0.25, 0.3) is 0 Å². The Morgan fingerprint density at radius 3 is 2.94 bits per heavy atom. The number of hydrogen-bond donors (Lipinski definition) is 1. The van der Waals surface area contributed by atoms with Crippen LogP contribution in [0, 0.1) is 0 Å². The zero-order chi connectivity index (χ0) is 13.4. The van der Waals surface area contributed by atoms with Crippen molar-refractivity contribution in [3.63, 3.8) is 0 Å². The van der Waals surface area contributed by atoms with E-state index in [-0.39, 0.29) is 5.91 Å². The lowest BCUT2D eigenvalue weighted by molar-refractivity contribution is -0.129. The molecule has 0 heterocycles. The maximum Gasteiger partial charge on any atom is 0.223 e. The Bertz CT molecular complexity index is 385. The standard InChI is InChI=1S/C13H19ClN2O2/c1-16(13(17)6-7-15)8-3-9-18-12-5-2-4-11(14)10-12/h2,4-5,10H,3,6-9,15H2,1H3. The Balaban J connectivity index is 2.20. The molecule has 0 atom stereocenters. The highest BCUT2D eigenvalue weighted by molar-refractivity contribution is 6.30. The molecule has 0 unspecified atom stereocenters. The number of hydrogen-bond acceptors (Lipinski definition) is 3. The number of benzene rings is 1. The van der Waals surface area contributed by atoms with Gasteiger partial charge in [-0.2, -0.15) is 0 Å². The molecule has 0 bridgehead atoms. The molecule has 100 valence electrons. The second-order valence-corrected chi connectivity index (χ2v) is 4.45. The van der Waals surface area contributed by atoms with Crippen LogP contribution in [0.4, 0.5) is 0 Å². The summed E-state index contributed by atoms with van der Waals surface area (Å²) >= 11 is 5.84. The Morgan fingerprint density at radius 2 is 2.28 bits per heavy atom. The van der Waals surface area contributed by atoms with Crippen LogP contribution in [0.15, 0.2) is 24.3 Å². The first-order valence-electron chi connectivity index (χ1n) is 5.96. The number of nitrogens with zero attached hydrogens (tertiary/aromatic N) is 1. The van der Waals surface area contributed by atoms with Gasteiger partial charge in [0, 0.05) is 31.6 Å². The first-order chi connectivity index (χ1) is 8.63. The molecule has 5 heteroatoms. The molecule has 0 saturated carbocycles. The predicted molar refractivity (Wildman–Crippen MR) is 72.9 cm³/mol. The minimum absolute atomic E-state index is 0.0697. The lowest BCUT2D eigenvalue weighted by atomic mass is 10.3. The molecule has 0 saturated heterocycles. The summed E-state index contributed by atoms with van der Waals surface area (Å²) in [7, 11) is 1.78. The number of ether oxygens (including phenoxy) is 1. The fourth-order valence-corrected chi connectivity index (χ4v) is 1.67. The van der Waals surface area contributed by atoms with E-state index in [9.17, 15) is 4.79 Å². The number of carbonyl (C=O) groups excluding carboxylic acids is 1. The van der Waals surface area contributed by atoms with Gasteiger partial charge in [-0.3, -0.25) is 4.79 Å². The van der Waals surface area contributed by atoms with Crippen molar-refractivity contribution in [1.82, 2.24) is 4.90 Å². The van der Waals surface area contributed by atoms with Crippen LogP contribution in [0.2, 0.25) is 5.02 Å². The molecule has 0 aliphatic rings. The lowest BCUT2D eigenvalue weighted by Crippen LogP contribution is -2.30. The minimum Gasteiger partial charge on any atom is -0.493 e. The molecule has 4 nitrogen and oxygen atoms in total. The minimum atomic E-state index is 0.0697. The molecule has 0 aromatic heterocycles.